The molecule has 0 spiro atoms. The van der Waals surface area contributed by atoms with E-state index in [2.05, 4.69) is 15.9 Å². The number of nitrogens with two attached hydrogens (primary N) is 1. The van der Waals surface area contributed by atoms with E-state index in [4.69, 9.17) is 17.3 Å². The number of rotatable bonds is 2. The van der Waals surface area contributed by atoms with Crippen molar-refractivity contribution >= 4 is 44.8 Å². The Morgan fingerprint density at radius 3 is 2.70 bits per heavy atom. The molecule has 20 heavy (non-hydrogen) atoms. The standard InChI is InChI=1S/C15H14BrClN2O/c1-9-11(4-3-5-12(9)16)15(20)19(2)14-8-10(17)6-7-13(14)18/h3-8H,18H2,1-2H3. The van der Waals surface area contributed by atoms with Gasteiger partial charge < -0.3 is 10.6 Å². The van der Waals surface area contributed by atoms with Gasteiger partial charge in [0, 0.05) is 22.1 Å². The second kappa shape index (κ2) is 5.85. The molecular weight excluding hydrogens is 340 g/mol. The highest BCUT2D eigenvalue weighted by Crippen LogP contribution is 2.28. The van der Waals surface area contributed by atoms with Gasteiger partial charge in [-0.2, -0.15) is 0 Å². The first-order chi connectivity index (χ1) is 9.41. The van der Waals surface area contributed by atoms with Crippen molar-refractivity contribution in [2.24, 2.45) is 0 Å². The molecule has 0 bridgehead atoms. The number of amides is 1. The molecule has 0 heterocycles. The van der Waals surface area contributed by atoms with Crippen LogP contribution < -0.4 is 10.6 Å². The second-order valence-electron chi connectivity index (χ2n) is 4.48. The van der Waals surface area contributed by atoms with Gasteiger partial charge in [-0.05, 0) is 42.8 Å². The van der Waals surface area contributed by atoms with E-state index in [1.54, 1.807) is 31.3 Å². The van der Waals surface area contributed by atoms with Crippen LogP contribution in [0.25, 0.3) is 0 Å². The highest BCUT2D eigenvalue weighted by Gasteiger charge is 2.18. The van der Waals surface area contributed by atoms with Gasteiger partial charge in [0.2, 0.25) is 0 Å². The summed E-state index contributed by atoms with van der Waals surface area (Å²) in [4.78, 5) is 14.1. The molecule has 2 rings (SSSR count). The van der Waals surface area contributed by atoms with Gasteiger partial charge in [0.25, 0.3) is 5.91 Å². The molecule has 5 heteroatoms. The average Bonchev–Trinajstić information content (AvgIpc) is 2.43. The molecule has 0 aliphatic carbocycles. The van der Waals surface area contributed by atoms with Crippen LogP contribution in [0.3, 0.4) is 0 Å². The molecule has 104 valence electrons. The molecule has 2 N–H and O–H groups in total. The molecule has 0 fully saturated rings. The van der Waals surface area contributed by atoms with Crippen LogP contribution in [0.15, 0.2) is 40.9 Å². The first-order valence-electron chi connectivity index (χ1n) is 6.00. The Hall–Kier alpha value is -1.52. The first kappa shape index (κ1) is 14.9. The number of nitrogens with zero attached hydrogens (tertiary/aromatic N) is 1. The zero-order valence-corrected chi connectivity index (χ0v) is 13.5. The van der Waals surface area contributed by atoms with Gasteiger partial charge in [0.05, 0.1) is 11.4 Å². The largest absolute Gasteiger partial charge is 0.397 e. The lowest BCUT2D eigenvalue weighted by atomic mass is 10.1. The van der Waals surface area contributed by atoms with Gasteiger partial charge in [0.15, 0.2) is 0 Å². The Bertz CT molecular complexity index is 673. The smallest absolute Gasteiger partial charge is 0.258 e. The van der Waals surface area contributed by atoms with Crippen molar-refractivity contribution in [2.45, 2.75) is 6.92 Å². The summed E-state index contributed by atoms with van der Waals surface area (Å²) in [5.74, 6) is -0.127. The van der Waals surface area contributed by atoms with Crippen molar-refractivity contribution in [3.8, 4) is 0 Å². The number of benzene rings is 2. The van der Waals surface area contributed by atoms with Crippen molar-refractivity contribution in [1.29, 1.82) is 0 Å². The third-order valence-electron chi connectivity index (χ3n) is 3.16. The normalized spacial score (nSPS) is 10.4. The van der Waals surface area contributed by atoms with Crippen LogP contribution in [-0.4, -0.2) is 13.0 Å². The lowest BCUT2D eigenvalue weighted by Gasteiger charge is -2.20. The molecule has 0 aliphatic heterocycles. The number of halogens is 2. The fourth-order valence-electron chi connectivity index (χ4n) is 1.94. The highest BCUT2D eigenvalue weighted by molar-refractivity contribution is 9.10. The van der Waals surface area contributed by atoms with Crippen LogP contribution in [0.5, 0.6) is 0 Å². The van der Waals surface area contributed by atoms with E-state index in [-0.39, 0.29) is 5.91 Å². The van der Waals surface area contributed by atoms with E-state index in [9.17, 15) is 4.79 Å². The number of nitrogen functional groups attached to an aromatic ring is 1. The molecular formula is C15H14BrClN2O. The summed E-state index contributed by atoms with van der Waals surface area (Å²) < 4.78 is 0.899. The third-order valence-corrected chi connectivity index (χ3v) is 4.25. The minimum Gasteiger partial charge on any atom is -0.397 e. The predicted molar refractivity (Wildman–Crippen MR) is 87.5 cm³/mol. The molecule has 0 aromatic heterocycles. The summed E-state index contributed by atoms with van der Waals surface area (Å²) in [6, 6.07) is 10.6. The second-order valence-corrected chi connectivity index (χ2v) is 5.77. The van der Waals surface area contributed by atoms with Crippen LogP contribution in [-0.2, 0) is 0 Å². The fraction of sp³-hybridized carbons (Fsp3) is 0.133. The van der Waals surface area contributed by atoms with E-state index >= 15 is 0 Å². The van der Waals surface area contributed by atoms with Crippen LogP contribution in [0, 0.1) is 6.92 Å². The van der Waals surface area contributed by atoms with E-state index in [1.165, 1.54) is 4.90 Å². The topological polar surface area (TPSA) is 46.3 Å². The van der Waals surface area contributed by atoms with E-state index in [1.807, 2.05) is 19.1 Å². The molecule has 0 unspecified atom stereocenters. The average molecular weight is 354 g/mol. The SMILES string of the molecule is Cc1c(Br)cccc1C(=O)N(C)c1cc(Cl)ccc1N. The zero-order valence-electron chi connectivity index (χ0n) is 11.2. The summed E-state index contributed by atoms with van der Waals surface area (Å²) in [5, 5.41) is 0.541. The van der Waals surface area contributed by atoms with Gasteiger partial charge in [-0.3, -0.25) is 4.79 Å². The summed E-state index contributed by atoms with van der Waals surface area (Å²) in [7, 11) is 1.69. The van der Waals surface area contributed by atoms with Gasteiger partial charge in [-0.15, -0.1) is 0 Å². The zero-order chi connectivity index (χ0) is 14.9. The predicted octanol–water partition coefficient (Wildman–Crippen LogP) is 4.27. The Morgan fingerprint density at radius 1 is 1.30 bits per heavy atom. The molecule has 3 nitrogen and oxygen atoms in total. The Kier molecular flexibility index (Phi) is 4.35. The summed E-state index contributed by atoms with van der Waals surface area (Å²) in [6.45, 7) is 1.90. The number of carbonyl (C=O) groups excluding carboxylic acids is 1. The number of hydrogen-bond donors (Lipinski definition) is 1. The molecule has 1 amide bonds. The Labute approximate surface area is 131 Å². The van der Waals surface area contributed by atoms with E-state index in [0.29, 0.717) is 22.0 Å². The summed E-state index contributed by atoms with van der Waals surface area (Å²) in [5.41, 5.74) is 8.54. The van der Waals surface area contributed by atoms with Crippen LogP contribution in [0.4, 0.5) is 11.4 Å². The van der Waals surface area contributed by atoms with Gasteiger partial charge in [-0.1, -0.05) is 33.6 Å². The Morgan fingerprint density at radius 2 is 2.00 bits per heavy atom. The van der Waals surface area contributed by atoms with Gasteiger partial charge in [-0.25, -0.2) is 0 Å². The van der Waals surface area contributed by atoms with Crippen molar-refractivity contribution in [1.82, 2.24) is 0 Å². The molecule has 2 aromatic rings. The van der Waals surface area contributed by atoms with Crippen LogP contribution in [0.2, 0.25) is 5.02 Å². The van der Waals surface area contributed by atoms with E-state index in [0.717, 1.165) is 10.0 Å². The maximum absolute atomic E-state index is 12.6. The number of anilines is 2. The molecule has 0 radical (unpaired) electrons. The molecule has 0 aliphatic rings. The molecule has 0 saturated heterocycles. The summed E-state index contributed by atoms with van der Waals surface area (Å²) in [6.07, 6.45) is 0. The Balaban J connectivity index is 2.43. The van der Waals surface area contributed by atoms with Crippen molar-refractivity contribution in [3.05, 3.63) is 57.0 Å². The highest BCUT2D eigenvalue weighted by atomic mass is 79.9. The minimum atomic E-state index is -0.127. The lowest BCUT2D eigenvalue weighted by Crippen LogP contribution is -2.27. The maximum Gasteiger partial charge on any atom is 0.258 e. The van der Waals surface area contributed by atoms with Crippen molar-refractivity contribution in [3.63, 3.8) is 0 Å². The maximum atomic E-state index is 12.6. The monoisotopic (exact) mass is 352 g/mol. The van der Waals surface area contributed by atoms with Crippen LogP contribution >= 0.6 is 27.5 Å². The van der Waals surface area contributed by atoms with E-state index < -0.39 is 0 Å². The minimum absolute atomic E-state index is 0.127. The summed E-state index contributed by atoms with van der Waals surface area (Å²) >= 11 is 9.40. The van der Waals surface area contributed by atoms with Crippen molar-refractivity contribution < 1.29 is 4.79 Å². The number of hydrogen-bond acceptors (Lipinski definition) is 2. The lowest BCUT2D eigenvalue weighted by molar-refractivity contribution is 0.0992. The third kappa shape index (κ3) is 2.81. The van der Waals surface area contributed by atoms with Gasteiger partial charge in [0.1, 0.15) is 0 Å². The molecule has 0 atom stereocenters. The number of carbonyl (C=O) groups is 1. The van der Waals surface area contributed by atoms with Crippen LogP contribution in [0.1, 0.15) is 15.9 Å². The molecule has 0 saturated carbocycles. The molecule has 2 aromatic carbocycles. The fourth-order valence-corrected chi connectivity index (χ4v) is 2.47. The first-order valence-corrected chi connectivity index (χ1v) is 7.17. The quantitative estimate of drug-likeness (QED) is 0.820. The van der Waals surface area contributed by atoms with Crippen molar-refractivity contribution in [2.75, 3.05) is 17.7 Å². The van der Waals surface area contributed by atoms with Gasteiger partial charge >= 0.3 is 0 Å².